The monoisotopic (exact) mass is 573 g/mol. The summed E-state index contributed by atoms with van der Waals surface area (Å²) in [6, 6.07) is 15.6. The van der Waals surface area contributed by atoms with Crippen LogP contribution >= 0.6 is 0 Å². The molecule has 214 valence electrons. The van der Waals surface area contributed by atoms with Gasteiger partial charge in [0.05, 0.1) is 17.3 Å². The van der Waals surface area contributed by atoms with Crippen LogP contribution in [0.4, 0.5) is 17.6 Å². The molecular formula is C30H29F4N5O2. The number of carbonyl (C=O) groups excluding carboxylic acids is 1. The number of ether oxygens (including phenoxy) is 1. The van der Waals surface area contributed by atoms with Crippen molar-refractivity contribution >= 4 is 28.0 Å². The molecule has 4 rings (SSSR count). The number of fused-ring (bicyclic) bond motifs is 1. The lowest BCUT2D eigenvalue weighted by atomic mass is 9.88. The minimum atomic E-state index is -4.56. The third-order valence-corrected chi connectivity index (χ3v) is 5.89. The summed E-state index contributed by atoms with van der Waals surface area (Å²) in [6.07, 6.45) is -2.33. The first-order valence-corrected chi connectivity index (χ1v) is 12.3. The van der Waals surface area contributed by atoms with Crippen molar-refractivity contribution in [3.8, 4) is 5.88 Å². The standard InChI is InChI=1S/C30H29F4N5O2/c1-39(2)27(40)9-6-14-35-15-16-41-26-13-11-22(19-36-26)28(21-10-12-25-23(17-21)29(31)38-37-25)24(18-30(32,33)34)20-7-4-3-5-8-20/h3-13,17,19,35H,14-16,18H2,1-2H3,(H,37,38)/b9-6+,28-24-/i1D3,2D3. The maximum absolute atomic E-state index is 14.4. The number of rotatable bonds is 11. The van der Waals surface area contributed by atoms with Gasteiger partial charge in [-0.1, -0.05) is 42.5 Å². The van der Waals surface area contributed by atoms with Crippen molar-refractivity contribution in [2.75, 3.05) is 33.6 Å². The van der Waals surface area contributed by atoms with Crippen LogP contribution in [-0.2, 0) is 4.79 Å². The molecule has 0 saturated carbocycles. The van der Waals surface area contributed by atoms with Crippen molar-refractivity contribution in [2.45, 2.75) is 12.6 Å². The summed E-state index contributed by atoms with van der Waals surface area (Å²) >= 11 is 0. The third kappa shape index (κ3) is 8.01. The fourth-order valence-electron chi connectivity index (χ4n) is 4.09. The minimum absolute atomic E-state index is 0.0339. The molecule has 0 bridgehead atoms. The van der Waals surface area contributed by atoms with E-state index in [0.717, 1.165) is 6.08 Å². The first-order valence-electron chi connectivity index (χ1n) is 15.3. The highest BCUT2D eigenvalue weighted by atomic mass is 19.4. The summed E-state index contributed by atoms with van der Waals surface area (Å²) in [5.41, 5.74) is 1.47. The zero-order valence-corrected chi connectivity index (χ0v) is 21.5. The summed E-state index contributed by atoms with van der Waals surface area (Å²) in [5.74, 6) is -1.75. The lowest BCUT2D eigenvalue weighted by Gasteiger charge is -2.19. The molecule has 41 heavy (non-hydrogen) atoms. The first-order chi connectivity index (χ1) is 22.0. The van der Waals surface area contributed by atoms with Crippen molar-refractivity contribution in [2.24, 2.45) is 0 Å². The number of likely N-dealkylation sites (N-methyl/N-ethyl adjacent to an activating group) is 1. The molecule has 1 amide bonds. The Morgan fingerprint density at radius 2 is 1.88 bits per heavy atom. The number of hydrogen-bond donors (Lipinski definition) is 2. The second-order valence-electron chi connectivity index (χ2n) is 8.79. The Balaban J connectivity index is 1.50. The molecule has 0 spiro atoms. The molecule has 7 nitrogen and oxygen atoms in total. The van der Waals surface area contributed by atoms with Crippen LogP contribution in [0.5, 0.6) is 5.88 Å². The molecule has 0 fully saturated rings. The van der Waals surface area contributed by atoms with Crippen LogP contribution in [0.15, 0.2) is 79.0 Å². The summed E-state index contributed by atoms with van der Waals surface area (Å²) in [5, 5.41) is 9.12. The topological polar surface area (TPSA) is 83.1 Å². The molecular weight excluding hydrogens is 538 g/mol. The van der Waals surface area contributed by atoms with E-state index >= 15 is 0 Å². The van der Waals surface area contributed by atoms with Gasteiger partial charge in [0.25, 0.3) is 0 Å². The molecule has 0 saturated heterocycles. The van der Waals surface area contributed by atoms with Gasteiger partial charge in [-0.3, -0.25) is 9.89 Å². The molecule has 0 unspecified atom stereocenters. The van der Waals surface area contributed by atoms with E-state index in [9.17, 15) is 22.4 Å². The van der Waals surface area contributed by atoms with Crippen molar-refractivity contribution in [3.63, 3.8) is 0 Å². The van der Waals surface area contributed by atoms with Crippen molar-refractivity contribution in [1.29, 1.82) is 0 Å². The zero-order chi connectivity index (χ0) is 34.4. The van der Waals surface area contributed by atoms with E-state index in [0.29, 0.717) is 22.2 Å². The zero-order valence-electron chi connectivity index (χ0n) is 27.5. The van der Waals surface area contributed by atoms with Gasteiger partial charge in [0, 0.05) is 59.2 Å². The molecule has 0 aliphatic heterocycles. The Labute approximate surface area is 243 Å². The third-order valence-electron chi connectivity index (χ3n) is 5.89. The van der Waals surface area contributed by atoms with Crippen LogP contribution in [0.1, 0.15) is 31.3 Å². The average molecular weight is 574 g/mol. The maximum atomic E-state index is 14.4. The predicted molar refractivity (Wildman–Crippen MR) is 150 cm³/mol. The molecule has 2 aromatic carbocycles. The SMILES string of the molecule is [2H]C([2H])([2H])N(C(=O)/C=C/CNCCOc1ccc(/C(=C(/CC(F)(F)F)c2ccccc2)c2ccc3n[nH]c(F)c3c2)cn1)C([2H])([2H])[2H]. The van der Waals surface area contributed by atoms with Crippen LogP contribution in [-0.4, -0.2) is 65.8 Å². The number of halogens is 4. The van der Waals surface area contributed by atoms with Gasteiger partial charge in [0.1, 0.15) is 6.61 Å². The molecule has 0 aliphatic carbocycles. The quantitative estimate of drug-likeness (QED) is 0.105. The van der Waals surface area contributed by atoms with E-state index in [-0.39, 0.29) is 47.0 Å². The highest BCUT2D eigenvalue weighted by molar-refractivity contribution is 6.00. The van der Waals surface area contributed by atoms with E-state index in [2.05, 4.69) is 20.5 Å². The van der Waals surface area contributed by atoms with Gasteiger partial charge in [-0.25, -0.2) is 4.98 Å². The summed E-state index contributed by atoms with van der Waals surface area (Å²) in [7, 11) is 0. The van der Waals surface area contributed by atoms with Crippen molar-refractivity contribution in [3.05, 3.63) is 102 Å². The Morgan fingerprint density at radius 1 is 1.10 bits per heavy atom. The predicted octanol–water partition coefficient (Wildman–Crippen LogP) is 5.62. The van der Waals surface area contributed by atoms with Crippen LogP contribution in [0, 0.1) is 5.95 Å². The van der Waals surface area contributed by atoms with E-state index in [1.54, 1.807) is 42.5 Å². The molecule has 2 aromatic heterocycles. The van der Waals surface area contributed by atoms with Crippen LogP contribution in [0.2, 0.25) is 0 Å². The molecule has 2 N–H and O–H groups in total. The number of aromatic nitrogens is 3. The van der Waals surface area contributed by atoms with E-state index in [1.807, 2.05) is 0 Å². The van der Waals surface area contributed by atoms with E-state index in [1.165, 1.54) is 30.5 Å². The van der Waals surface area contributed by atoms with Gasteiger partial charge in [0.15, 0.2) is 0 Å². The van der Waals surface area contributed by atoms with Crippen LogP contribution < -0.4 is 10.1 Å². The Hall–Kier alpha value is -4.51. The number of pyridine rings is 1. The lowest BCUT2D eigenvalue weighted by Crippen LogP contribution is -2.22. The Morgan fingerprint density at radius 3 is 2.59 bits per heavy atom. The van der Waals surface area contributed by atoms with Gasteiger partial charge < -0.3 is 15.0 Å². The number of H-pyrrole nitrogens is 1. The first kappa shape index (κ1) is 22.2. The number of carbonyl (C=O) groups is 1. The molecule has 2 heterocycles. The number of aromatic amines is 1. The summed E-state index contributed by atoms with van der Waals surface area (Å²) in [4.78, 5) is 16.2. The van der Waals surface area contributed by atoms with Crippen molar-refractivity contribution in [1.82, 2.24) is 25.4 Å². The van der Waals surface area contributed by atoms with Crippen LogP contribution in [0.25, 0.3) is 22.0 Å². The van der Waals surface area contributed by atoms with Gasteiger partial charge in [-0.2, -0.15) is 22.7 Å². The number of amides is 1. The fraction of sp³-hybridized carbons (Fsp3) is 0.233. The number of alkyl halides is 3. The van der Waals surface area contributed by atoms with E-state index in [4.69, 9.17) is 13.0 Å². The molecule has 0 atom stereocenters. The minimum Gasteiger partial charge on any atom is -0.476 e. The number of benzene rings is 2. The van der Waals surface area contributed by atoms with E-state index < -0.39 is 38.4 Å². The molecule has 11 heteroatoms. The summed E-state index contributed by atoms with van der Waals surface area (Å²) in [6.45, 7) is -5.85. The maximum Gasteiger partial charge on any atom is 0.393 e. The second-order valence-corrected chi connectivity index (χ2v) is 8.79. The van der Waals surface area contributed by atoms with Gasteiger partial charge >= 0.3 is 6.18 Å². The lowest BCUT2D eigenvalue weighted by molar-refractivity contribution is -0.124. The average Bonchev–Trinajstić information content (AvgIpc) is 3.35. The number of allylic oxidation sites excluding steroid dienone is 1. The highest BCUT2D eigenvalue weighted by Crippen LogP contribution is 2.40. The smallest absolute Gasteiger partial charge is 0.393 e. The molecule has 0 radical (unpaired) electrons. The number of nitrogens with zero attached hydrogens (tertiary/aromatic N) is 3. The van der Waals surface area contributed by atoms with Crippen molar-refractivity contribution < 1.29 is 35.3 Å². The van der Waals surface area contributed by atoms with Gasteiger partial charge in [-0.05, 0) is 40.5 Å². The van der Waals surface area contributed by atoms with Gasteiger partial charge in [0.2, 0.25) is 17.7 Å². The largest absolute Gasteiger partial charge is 0.476 e. The second kappa shape index (κ2) is 13.2. The normalized spacial score (nSPS) is 15.3. The van der Waals surface area contributed by atoms with Crippen LogP contribution in [0.3, 0.4) is 0 Å². The summed E-state index contributed by atoms with van der Waals surface area (Å²) < 4.78 is 105. The van der Waals surface area contributed by atoms with Gasteiger partial charge in [-0.15, -0.1) is 0 Å². The number of nitrogens with one attached hydrogen (secondary N) is 2. The number of hydrogen-bond acceptors (Lipinski definition) is 5. The Kier molecular flexibility index (Phi) is 7.17. The molecule has 0 aliphatic rings. The fourth-order valence-corrected chi connectivity index (χ4v) is 4.09. The molecule has 4 aromatic rings. The highest BCUT2D eigenvalue weighted by Gasteiger charge is 2.31. The Bertz CT molecular complexity index is 1720.